The Labute approximate surface area is 168 Å². The zero-order chi connectivity index (χ0) is 20.1. The first-order valence-corrected chi connectivity index (χ1v) is 10.5. The topological polar surface area (TPSA) is 69.0 Å². The molecule has 2 saturated heterocycles. The van der Waals surface area contributed by atoms with Crippen LogP contribution in [0.25, 0.3) is 0 Å². The summed E-state index contributed by atoms with van der Waals surface area (Å²) in [5, 5.41) is 3.09. The maximum absolute atomic E-state index is 12.7. The van der Waals surface area contributed by atoms with Gasteiger partial charge in [-0.1, -0.05) is 27.2 Å². The molecule has 2 aliphatic heterocycles. The van der Waals surface area contributed by atoms with Crippen molar-refractivity contribution in [1.82, 2.24) is 20.0 Å². The number of furan rings is 1. The van der Waals surface area contributed by atoms with Gasteiger partial charge >= 0.3 is 6.03 Å². The lowest BCUT2D eigenvalue weighted by Crippen LogP contribution is -2.55. The third-order valence-electron chi connectivity index (χ3n) is 5.65. The van der Waals surface area contributed by atoms with Crippen LogP contribution in [0.2, 0.25) is 0 Å². The van der Waals surface area contributed by atoms with Crippen molar-refractivity contribution in [3.05, 3.63) is 24.2 Å². The Balaban J connectivity index is 1.52. The molecule has 1 N–H and O–H groups in total. The minimum absolute atomic E-state index is 0.0589. The molecule has 0 radical (unpaired) electrons. The quantitative estimate of drug-likeness (QED) is 0.858. The molecule has 2 aliphatic rings. The number of likely N-dealkylation sites (tertiary alicyclic amines) is 1. The van der Waals surface area contributed by atoms with Crippen LogP contribution in [0, 0.1) is 5.41 Å². The Bertz CT molecular complexity index is 639. The number of carbonyl (C=O) groups is 2. The zero-order valence-electron chi connectivity index (χ0n) is 17.4. The van der Waals surface area contributed by atoms with Crippen molar-refractivity contribution < 1.29 is 14.0 Å². The smallest absolute Gasteiger partial charge is 0.317 e. The second-order valence-corrected chi connectivity index (χ2v) is 8.84. The summed E-state index contributed by atoms with van der Waals surface area (Å²) in [6.07, 6.45) is 5.34. The molecule has 7 nitrogen and oxygen atoms in total. The maximum atomic E-state index is 12.7. The predicted octanol–water partition coefficient (Wildman–Crippen LogP) is 2.71. The third-order valence-corrected chi connectivity index (χ3v) is 5.65. The predicted molar refractivity (Wildman–Crippen MR) is 108 cm³/mol. The molecule has 0 saturated carbocycles. The van der Waals surface area contributed by atoms with E-state index in [9.17, 15) is 9.59 Å². The van der Waals surface area contributed by atoms with E-state index in [-0.39, 0.29) is 23.4 Å². The molecule has 28 heavy (non-hydrogen) atoms. The van der Waals surface area contributed by atoms with E-state index in [1.165, 1.54) is 19.3 Å². The maximum Gasteiger partial charge on any atom is 0.317 e. The number of piperazine rings is 1. The summed E-state index contributed by atoms with van der Waals surface area (Å²) in [7, 11) is 0. The van der Waals surface area contributed by atoms with Gasteiger partial charge in [0, 0.05) is 38.1 Å². The number of nitrogens with one attached hydrogen (secondary N) is 1. The van der Waals surface area contributed by atoms with Crippen LogP contribution >= 0.6 is 0 Å². The molecule has 156 valence electrons. The van der Waals surface area contributed by atoms with Crippen LogP contribution < -0.4 is 5.32 Å². The van der Waals surface area contributed by atoms with Gasteiger partial charge in [0.15, 0.2) is 0 Å². The van der Waals surface area contributed by atoms with E-state index < -0.39 is 0 Å². The molecule has 0 spiro atoms. The number of piperidine rings is 1. The monoisotopic (exact) mass is 390 g/mol. The standard InChI is InChI=1S/C21H34N4O3/c1-21(2,3)19(26)24-11-13-25(14-12-24)20(27)22-16-17(18-8-7-15-28-18)23-9-5-4-6-10-23/h7-8,15,17H,4-6,9-14,16H2,1-3H3,(H,22,27). The first kappa shape index (κ1) is 20.7. The lowest BCUT2D eigenvalue weighted by molar-refractivity contribution is -0.140. The number of rotatable bonds is 4. The lowest BCUT2D eigenvalue weighted by atomic mass is 9.94. The van der Waals surface area contributed by atoms with Crippen molar-refractivity contribution in [3.8, 4) is 0 Å². The van der Waals surface area contributed by atoms with E-state index >= 15 is 0 Å². The SMILES string of the molecule is CC(C)(C)C(=O)N1CCN(C(=O)NCC(c2ccco2)N2CCCCC2)CC1. The Kier molecular flexibility index (Phi) is 6.65. The van der Waals surface area contributed by atoms with Crippen LogP contribution in [0.15, 0.2) is 22.8 Å². The van der Waals surface area contributed by atoms with Crippen LogP contribution in [-0.2, 0) is 4.79 Å². The first-order chi connectivity index (χ1) is 13.4. The van der Waals surface area contributed by atoms with Gasteiger partial charge in [0.1, 0.15) is 5.76 Å². The molecule has 1 atom stereocenters. The van der Waals surface area contributed by atoms with E-state index in [1.807, 2.05) is 42.7 Å². The molecule has 7 heteroatoms. The Morgan fingerprint density at radius 1 is 1.04 bits per heavy atom. The average Bonchev–Trinajstić information content (AvgIpc) is 3.22. The summed E-state index contributed by atoms with van der Waals surface area (Å²) in [6, 6.07) is 3.90. The van der Waals surface area contributed by atoms with Crippen molar-refractivity contribution in [1.29, 1.82) is 0 Å². The fourth-order valence-corrected chi connectivity index (χ4v) is 4.00. The van der Waals surface area contributed by atoms with Gasteiger partial charge in [-0.05, 0) is 38.1 Å². The summed E-state index contributed by atoms with van der Waals surface area (Å²) in [5.74, 6) is 1.05. The Morgan fingerprint density at radius 2 is 1.68 bits per heavy atom. The first-order valence-electron chi connectivity index (χ1n) is 10.5. The Morgan fingerprint density at radius 3 is 2.25 bits per heavy atom. The molecule has 0 aromatic carbocycles. The molecule has 0 bridgehead atoms. The molecule has 3 rings (SSSR count). The number of hydrogen-bond acceptors (Lipinski definition) is 4. The molecule has 0 aliphatic carbocycles. The van der Waals surface area contributed by atoms with Crippen LogP contribution in [0.4, 0.5) is 4.79 Å². The van der Waals surface area contributed by atoms with Crippen molar-refractivity contribution in [2.45, 2.75) is 46.1 Å². The molecular formula is C21H34N4O3. The number of nitrogens with zero attached hydrogens (tertiary/aromatic N) is 3. The van der Waals surface area contributed by atoms with Gasteiger partial charge < -0.3 is 19.5 Å². The van der Waals surface area contributed by atoms with Gasteiger partial charge in [-0.25, -0.2) is 4.79 Å². The van der Waals surface area contributed by atoms with Gasteiger partial charge in [-0.3, -0.25) is 9.69 Å². The molecule has 1 aromatic heterocycles. The molecule has 1 unspecified atom stereocenters. The van der Waals surface area contributed by atoms with Crippen molar-refractivity contribution >= 4 is 11.9 Å². The summed E-state index contributed by atoms with van der Waals surface area (Å²) >= 11 is 0. The lowest BCUT2D eigenvalue weighted by Gasteiger charge is -2.38. The zero-order valence-corrected chi connectivity index (χ0v) is 17.4. The van der Waals surface area contributed by atoms with Crippen LogP contribution in [-0.4, -0.2) is 72.5 Å². The van der Waals surface area contributed by atoms with E-state index in [2.05, 4.69) is 10.2 Å². The molecule has 3 heterocycles. The van der Waals surface area contributed by atoms with Gasteiger partial charge in [0.2, 0.25) is 5.91 Å². The van der Waals surface area contributed by atoms with Crippen LogP contribution in [0.3, 0.4) is 0 Å². The average molecular weight is 391 g/mol. The number of amides is 3. The summed E-state index contributed by atoms with van der Waals surface area (Å²) in [4.78, 5) is 31.2. The van der Waals surface area contributed by atoms with Crippen molar-refractivity contribution in [2.24, 2.45) is 5.41 Å². The van der Waals surface area contributed by atoms with Crippen LogP contribution in [0.1, 0.15) is 51.8 Å². The minimum atomic E-state index is -0.380. The normalized spacial score (nSPS) is 20.1. The molecular weight excluding hydrogens is 356 g/mol. The fraction of sp³-hybridized carbons (Fsp3) is 0.714. The van der Waals surface area contributed by atoms with Gasteiger partial charge in [-0.2, -0.15) is 0 Å². The Hall–Kier alpha value is -2.02. The molecule has 3 amide bonds. The summed E-state index contributed by atoms with van der Waals surface area (Å²) in [5.41, 5.74) is -0.380. The van der Waals surface area contributed by atoms with Gasteiger partial charge in [0.05, 0.1) is 12.3 Å². The van der Waals surface area contributed by atoms with E-state index in [4.69, 9.17) is 4.42 Å². The third kappa shape index (κ3) is 5.07. The minimum Gasteiger partial charge on any atom is -0.468 e. The highest BCUT2D eigenvalue weighted by Crippen LogP contribution is 2.24. The van der Waals surface area contributed by atoms with Gasteiger partial charge in [-0.15, -0.1) is 0 Å². The molecule has 1 aromatic rings. The van der Waals surface area contributed by atoms with E-state index in [1.54, 1.807) is 6.26 Å². The van der Waals surface area contributed by atoms with E-state index in [0.29, 0.717) is 32.7 Å². The number of hydrogen-bond donors (Lipinski definition) is 1. The van der Waals surface area contributed by atoms with E-state index in [0.717, 1.165) is 18.8 Å². The van der Waals surface area contributed by atoms with Gasteiger partial charge in [0.25, 0.3) is 0 Å². The number of urea groups is 1. The number of carbonyl (C=O) groups excluding carboxylic acids is 2. The highest BCUT2D eigenvalue weighted by atomic mass is 16.3. The summed E-state index contributed by atoms with van der Waals surface area (Å²) in [6.45, 7) is 10.7. The molecule has 2 fully saturated rings. The largest absolute Gasteiger partial charge is 0.468 e. The highest BCUT2D eigenvalue weighted by Gasteiger charge is 2.31. The fourth-order valence-electron chi connectivity index (χ4n) is 4.00. The van der Waals surface area contributed by atoms with Crippen LogP contribution in [0.5, 0.6) is 0 Å². The second-order valence-electron chi connectivity index (χ2n) is 8.84. The van der Waals surface area contributed by atoms with Crippen molar-refractivity contribution in [2.75, 3.05) is 45.8 Å². The highest BCUT2D eigenvalue weighted by molar-refractivity contribution is 5.82. The second kappa shape index (κ2) is 8.99. The summed E-state index contributed by atoms with van der Waals surface area (Å²) < 4.78 is 5.65. The van der Waals surface area contributed by atoms with Crippen molar-refractivity contribution in [3.63, 3.8) is 0 Å².